The fourth-order valence-corrected chi connectivity index (χ4v) is 1.76. The minimum atomic E-state index is -1.07. The lowest BCUT2D eigenvalue weighted by molar-refractivity contribution is -0.131. The molecule has 0 saturated carbocycles. The number of hydrogen-bond acceptors (Lipinski definition) is 2. The van der Waals surface area contributed by atoms with Crippen molar-refractivity contribution < 1.29 is 14.3 Å². The summed E-state index contributed by atoms with van der Waals surface area (Å²) >= 11 is 0. The largest absolute Gasteiger partial charge is 0.478 e. The van der Waals surface area contributed by atoms with Crippen molar-refractivity contribution in [1.29, 1.82) is 0 Å². The topological polar surface area (TPSA) is 55.1 Å². The van der Waals surface area contributed by atoms with Crippen LogP contribution in [0.15, 0.2) is 36.5 Å². The molecule has 0 unspecified atom stereocenters. The molecule has 1 N–H and O–H groups in total. The standard InChI is InChI=1S/C15H15FN2O2/c1-10(2)13-7-8-18(17-13)14-5-3-11(9-12(14)16)4-6-15(19)20/h3-10H,1-2H3,(H,19,20). The molecule has 104 valence electrons. The summed E-state index contributed by atoms with van der Waals surface area (Å²) in [6.07, 6.45) is 4.03. The lowest BCUT2D eigenvalue weighted by Crippen LogP contribution is -2.00. The van der Waals surface area contributed by atoms with Gasteiger partial charge < -0.3 is 5.11 Å². The molecule has 1 aromatic carbocycles. The number of carboxylic acids is 1. The molecule has 0 radical (unpaired) electrons. The van der Waals surface area contributed by atoms with E-state index in [4.69, 9.17) is 5.11 Å². The molecule has 0 saturated heterocycles. The summed E-state index contributed by atoms with van der Waals surface area (Å²) in [6, 6.07) is 6.36. The van der Waals surface area contributed by atoms with E-state index in [2.05, 4.69) is 5.10 Å². The van der Waals surface area contributed by atoms with Crippen LogP contribution in [0.4, 0.5) is 4.39 Å². The highest BCUT2D eigenvalue weighted by Crippen LogP contribution is 2.18. The SMILES string of the molecule is CC(C)c1ccn(-c2ccc(C=CC(=O)O)cc2F)n1. The molecule has 0 fully saturated rings. The number of nitrogens with zero attached hydrogens (tertiary/aromatic N) is 2. The minimum absolute atomic E-state index is 0.275. The molecule has 0 atom stereocenters. The molecule has 0 spiro atoms. The molecule has 20 heavy (non-hydrogen) atoms. The van der Waals surface area contributed by atoms with Crippen LogP contribution in [0, 0.1) is 5.82 Å². The van der Waals surface area contributed by atoms with Gasteiger partial charge in [-0.05, 0) is 35.8 Å². The van der Waals surface area contributed by atoms with Crippen molar-refractivity contribution in [3.05, 3.63) is 53.6 Å². The van der Waals surface area contributed by atoms with E-state index in [9.17, 15) is 9.18 Å². The summed E-state index contributed by atoms with van der Waals surface area (Å²) in [5, 5.41) is 12.8. The van der Waals surface area contributed by atoms with Gasteiger partial charge in [0.25, 0.3) is 0 Å². The number of rotatable bonds is 4. The Kier molecular flexibility index (Phi) is 3.98. The van der Waals surface area contributed by atoms with E-state index in [1.807, 2.05) is 19.9 Å². The molecule has 0 amide bonds. The van der Waals surface area contributed by atoms with Crippen LogP contribution < -0.4 is 0 Å². The van der Waals surface area contributed by atoms with E-state index >= 15 is 0 Å². The molecule has 2 aromatic rings. The number of carbonyl (C=O) groups is 1. The lowest BCUT2D eigenvalue weighted by atomic mass is 10.1. The first-order chi connectivity index (χ1) is 9.47. The Morgan fingerprint density at radius 1 is 1.40 bits per heavy atom. The van der Waals surface area contributed by atoms with Gasteiger partial charge in [0.15, 0.2) is 0 Å². The number of halogens is 1. The van der Waals surface area contributed by atoms with Crippen molar-refractivity contribution >= 4 is 12.0 Å². The highest BCUT2D eigenvalue weighted by atomic mass is 19.1. The van der Waals surface area contributed by atoms with E-state index < -0.39 is 11.8 Å². The second kappa shape index (κ2) is 5.69. The van der Waals surface area contributed by atoms with Gasteiger partial charge in [-0.1, -0.05) is 19.9 Å². The van der Waals surface area contributed by atoms with Gasteiger partial charge in [-0.25, -0.2) is 13.9 Å². The van der Waals surface area contributed by atoms with Crippen LogP contribution >= 0.6 is 0 Å². The maximum atomic E-state index is 14.0. The maximum absolute atomic E-state index is 14.0. The second-order valence-electron chi connectivity index (χ2n) is 4.72. The Morgan fingerprint density at radius 2 is 2.15 bits per heavy atom. The van der Waals surface area contributed by atoms with E-state index in [0.717, 1.165) is 11.8 Å². The first kappa shape index (κ1) is 14.0. The number of aliphatic carboxylic acids is 1. The summed E-state index contributed by atoms with van der Waals surface area (Å²) in [5.41, 5.74) is 1.72. The summed E-state index contributed by atoms with van der Waals surface area (Å²) < 4.78 is 15.5. The van der Waals surface area contributed by atoms with Gasteiger partial charge in [0.05, 0.1) is 5.69 Å². The van der Waals surface area contributed by atoms with Crippen molar-refractivity contribution in [2.75, 3.05) is 0 Å². The predicted octanol–water partition coefficient (Wildman–Crippen LogP) is 3.23. The summed E-state index contributed by atoms with van der Waals surface area (Å²) in [5.74, 6) is -1.24. The van der Waals surface area contributed by atoms with Crippen LogP contribution in [0.2, 0.25) is 0 Å². The molecule has 1 aromatic heterocycles. The van der Waals surface area contributed by atoms with Crippen LogP contribution in [0.25, 0.3) is 11.8 Å². The van der Waals surface area contributed by atoms with Crippen molar-refractivity contribution in [1.82, 2.24) is 9.78 Å². The van der Waals surface area contributed by atoms with Crippen LogP contribution in [0.5, 0.6) is 0 Å². The number of aromatic nitrogens is 2. The van der Waals surface area contributed by atoms with Gasteiger partial charge in [-0.3, -0.25) is 0 Å². The first-order valence-corrected chi connectivity index (χ1v) is 6.24. The monoisotopic (exact) mass is 274 g/mol. The highest BCUT2D eigenvalue weighted by Gasteiger charge is 2.09. The maximum Gasteiger partial charge on any atom is 0.328 e. The third-order valence-electron chi connectivity index (χ3n) is 2.84. The molecular weight excluding hydrogens is 259 g/mol. The van der Waals surface area contributed by atoms with Gasteiger partial charge in [0, 0.05) is 12.3 Å². The smallest absolute Gasteiger partial charge is 0.328 e. The fraction of sp³-hybridized carbons (Fsp3) is 0.200. The molecule has 5 heteroatoms. The summed E-state index contributed by atoms with van der Waals surface area (Å²) in [6.45, 7) is 4.03. The van der Waals surface area contributed by atoms with E-state index in [0.29, 0.717) is 11.3 Å². The minimum Gasteiger partial charge on any atom is -0.478 e. The van der Waals surface area contributed by atoms with Crippen LogP contribution in [0.1, 0.15) is 31.0 Å². The van der Waals surface area contributed by atoms with Gasteiger partial charge in [-0.15, -0.1) is 0 Å². The van der Waals surface area contributed by atoms with E-state index in [1.54, 1.807) is 18.3 Å². The zero-order valence-electron chi connectivity index (χ0n) is 11.2. The highest BCUT2D eigenvalue weighted by molar-refractivity contribution is 5.85. The van der Waals surface area contributed by atoms with Crippen LogP contribution in [0.3, 0.4) is 0 Å². The molecule has 0 aliphatic heterocycles. The van der Waals surface area contributed by atoms with E-state index in [-0.39, 0.29) is 5.92 Å². The Hall–Kier alpha value is -2.43. The Balaban J connectivity index is 2.31. The third-order valence-corrected chi connectivity index (χ3v) is 2.84. The molecule has 1 heterocycles. The molecule has 4 nitrogen and oxygen atoms in total. The Bertz CT molecular complexity index is 660. The number of hydrogen-bond donors (Lipinski definition) is 1. The first-order valence-electron chi connectivity index (χ1n) is 6.24. The second-order valence-corrected chi connectivity index (χ2v) is 4.72. The van der Waals surface area contributed by atoms with Crippen molar-refractivity contribution in [3.63, 3.8) is 0 Å². The van der Waals surface area contributed by atoms with Gasteiger partial charge >= 0.3 is 5.97 Å². The molecule has 2 rings (SSSR count). The normalized spacial score (nSPS) is 11.4. The quantitative estimate of drug-likeness (QED) is 0.871. The average molecular weight is 274 g/mol. The average Bonchev–Trinajstić information content (AvgIpc) is 2.86. The van der Waals surface area contributed by atoms with Crippen molar-refractivity contribution in [2.24, 2.45) is 0 Å². The third kappa shape index (κ3) is 3.12. The molecule has 0 aliphatic rings. The number of carboxylic acid groups (broad SMARTS) is 1. The summed E-state index contributed by atoms with van der Waals surface area (Å²) in [4.78, 5) is 10.4. The zero-order valence-corrected chi connectivity index (χ0v) is 11.2. The summed E-state index contributed by atoms with van der Waals surface area (Å²) in [7, 11) is 0. The lowest BCUT2D eigenvalue weighted by Gasteiger charge is -2.05. The van der Waals surface area contributed by atoms with E-state index in [1.165, 1.54) is 16.8 Å². The molecule has 0 aliphatic carbocycles. The fourth-order valence-electron chi connectivity index (χ4n) is 1.76. The van der Waals surface area contributed by atoms with Crippen molar-refractivity contribution in [3.8, 4) is 5.69 Å². The number of benzene rings is 1. The van der Waals surface area contributed by atoms with Crippen LogP contribution in [-0.4, -0.2) is 20.9 Å². The predicted molar refractivity (Wildman–Crippen MR) is 74.3 cm³/mol. The van der Waals surface area contributed by atoms with Gasteiger partial charge in [-0.2, -0.15) is 5.10 Å². The van der Waals surface area contributed by atoms with Gasteiger partial charge in [0.2, 0.25) is 0 Å². The van der Waals surface area contributed by atoms with Crippen molar-refractivity contribution in [2.45, 2.75) is 19.8 Å². The van der Waals surface area contributed by atoms with Gasteiger partial charge in [0.1, 0.15) is 11.5 Å². The molecular formula is C15H15FN2O2. The molecule has 0 bridgehead atoms. The zero-order chi connectivity index (χ0) is 14.7. The Labute approximate surface area is 116 Å². The Morgan fingerprint density at radius 3 is 2.70 bits per heavy atom. The van der Waals surface area contributed by atoms with Crippen LogP contribution in [-0.2, 0) is 4.79 Å².